The van der Waals surface area contributed by atoms with Crippen LogP contribution in [0.15, 0.2) is 24.3 Å². The normalized spacial score (nSPS) is 11.3. The summed E-state index contributed by atoms with van der Waals surface area (Å²) in [6, 6.07) is 5.35. The van der Waals surface area contributed by atoms with Gasteiger partial charge in [-0.05, 0) is 24.1 Å². The van der Waals surface area contributed by atoms with E-state index in [1.54, 1.807) is 17.6 Å². The van der Waals surface area contributed by atoms with Crippen molar-refractivity contribution >= 4 is 17.9 Å². The number of hydrazine groups is 1. The van der Waals surface area contributed by atoms with E-state index < -0.39 is 30.5 Å². The van der Waals surface area contributed by atoms with Crippen molar-refractivity contribution in [1.29, 1.82) is 0 Å². The maximum atomic E-state index is 11.7. The first-order valence-corrected chi connectivity index (χ1v) is 5.97. The number of hydrogen-bond acceptors (Lipinski definition) is 5. The molecule has 0 aliphatic carbocycles. The molecule has 0 aliphatic rings. The van der Waals surface area contributed by atoms with E-state index in [2.05, 4.69) is 5.32 Å². The molecule has 0 aliphatic heterocycles. The van der Waals surface area contributed by atoms with Crippen LogP contribution < -0.4 is 21.9 Å². The highest BCUT2D eigenvalue weighted by Crippen LogP contribution is 2.10. The molecule has 21 heavy (non-hydrogen) atoms. The maximum absolute atomic E-state index is 11.7. The van der Waals surface area contributed by atoms with Crippen LogP contribution in [0.5, 0.6) is 5.75 Å². The van der Waals surface area contributed by atoms with Gasteiger partial charge in [-0.15, -0.1) is 0 Å². The van der Waals surface area contributed by atoms with Crippen molar-refractivity contribution < 1.29 is 24.6 Å². The predicted molar refractivity (Wildman–Crippen MR) is 72.1 cm³/mol. The van der Waals surface area contributed by atoms with Gasteiger partial charge in [0.25, 0.3) is 5.91 Å². The van der Waals surface area contributed by atoms with Crippen LogP contribution in [0, 0.1) is 0 Å². The summed E-state index contributed by atoms with van der Waals surface area (Å²) >= 11 is 0. The first-order chi connectivity index (χ1) is 9.88. The van der Waals surface area contributed by atoms with E-state index in [9.17, 15) is 14.4 Å². The zero-order valence-corrected chi connectivity index (χ0v) is 11.0. The largest absolute Gasteiger partial charge is 0.508 e. The number of carbonyl (C=O) groups is 3. The molecule has 0 heterocycles. The van der Waals surface area contributed by atoms with Gasteiger partial charge in [0, 0.05) is 0 Å². The van der Waals surface area contributed by atoms with Crippen molar-refractivity contribution in [3.8, 4) is 5.75 Å². The SMILES string of the molecule is N[C@@H](Cc1ccc(O)cc1)C(=O)NCC(=O)NNC(=O)O. The Kier molecular flexibility index (Phi) is 5.96. The summed E-state index contributed by atoms with van der Waals surface area (Å²) in [6.07, 6.45) is -1.18. The number of hydrogen-bond donors (Lipinski definition) is 6. The predicted octanol–water partition coefficient (Wildman–Crippen LogP) is -1.32. The Labute approximate surface area is 120 Å². The molecule has 3 amide bonds. The molecule has 9 heteroatoms. The van der Waals surface area contributed by atoms with Gasteiger partial charge in [0.05, 0.1) is 12.6 Å². The third-order valence-corrected chi connectivity index (χ3v) is 2.46. The van der Waals surface area contributed by atoms with Crippen LogP contribution in [0.25, 0.3) is 0 Å². The minimum Gasteiger partial charge on any atom is -0.508 e. The molecule has 1 aromatic carbocycles. The van der Waals surface area contributed by atoms with Gasteiger partial charge in [-0.25, -0.2) is 10.2 Å². The fourth-order valence-electron chi connectivity index (χ4n) is 1.44. The maximum Gasteiger partial charge on any atom is 0.423 e. The average molecular weight is 296 g/mol. The van der Waals surface area contributed by atoms with Crippen LogP contribution in [0.1, 0.15) is 5.56 Å². The second-order valence-electron chi connectivity index (χ2n) is 4.17. The van der Waals surface area contributed by atoms with E-state index >= 15 is 0 Å². The molecule has 0 spiro atoms. The molecule has 7 N–H and O–H groups in total. The zero-order valence-electron chi connectivity index (χ0n) is 11.0. The highest BCUT2D eigenvalue weighted by Gasteiger charge is 2.15. The summed E-state index contributed by atoms with van der Waals surface area (Å²) in [6.45, 7) is -0.400. The fourth-order valence-corrected chi connectivity index (χ4v) is 1.44. The summed E-state index contributed by atoms with van der Waals surface area (Å²) in [5.41, 5.74) is 9.95. The molecule has 0 saturated carbocycles. The van der Waals surface area contributed by atoms with Crippen LogP contribution in [-0.2, 0) is 16.0 Å². The third kappa shape index (κ3) is 6.25. The van der Waals surface area contributed by atoms with Crippen molar-refractivity contribution in [3.05, 3.63) is 29.8 Å². The molecule has 1 atom stereocenters. The van der Waals surface area contributed by atoms with Gasteiger partial charge in [-0.1, -0.05) is 12.1 Å². The van der Waals surface area contributed by atoms with Crippen LogP contribution in [0.3, 0.4) is 0 Å². The van der Waals surface area contributed by atoms with Gasteiger partial charge in [0.2, 0.25) is 5.91 Å². The number of aromatic hydroxyl groups is 1. The van der Waals surface area contributed by atoms with Gasteiger partial charge >= 0.3 is 6.09 Å². The molecule has 9 nitrogen and oxygen atoms in total. The minimum atomic E-state index is -1.42. The number of benzene rings is 1. The number of phenolic OH excluding ortho intramolecular Hbond substituents is 1. The van der Waals surface area contributed by atoms with Crippen LogP contribution >= 0.6 is 0 Å². The average Bonchev–Trinajstić information content (AvgIpc) is 2.44. The second kappa shape index (κ2) is 7.70. The lowest BCUT2D eigenvalue weighted by atomic mass is 10.1. The Morgan fingerprint density at radius 2 is 1.76 bits per heavy atom. The van der Waals surface area contributed by atoms with Gasteiger partial charge in [0.15, 0.2) is 0 Å². The Morgan fingerprint density at radius 3 is 2.33 bits per heavy atom. The number of rotatable bonds is 5. The van der Waals surface area contributed by atoms with Gasteiger partial charge in [-0.2, -0.15) is 0 Å². The van der Waals surface area contributed by atoms with Crippen molar-refractivity contribution in [1.82, 2.24) is 16.2 Å². The molecule has 0 saturated heterocycles. The van der Waals surface area contributed by atoms with Crippen molar-refractivity contribution in [2.75, 3.05) is 6.54 Å². The standard InChI is InChI=1S/C12H16N4O5/c13-9(5-7-1-3-8(17)4-2-7)11(19)14-6-10(18)15-16-12(20)21/h1-4,9,16-17H,5-6,13H2,(H,14,19)(H,15,18)(H,20,21)/t9-/m0/s1. The minimum absolute atomic E-state index is 0.111. The summed E-state index contributed by atoms with van der Waals surface area (Å²) < 4.78 is 0. The first-order valence-electron chi connectivity index (χ1n) is 5.97. The third-order valence-electron chi connectivity index (χ3n) is 2.46. The first kappa shape index (κ1) is 16.2. The van der Waals surface area contributed by atoms with E-state index in [1.165, 1.54) is 12.1 Å². The molecule has 114 valence electrons. The monoisotopic (exact) mass is 296 g/mol. The smallest absolute Gasteiger partial charge is 0.423 e. The molecular formula is C12H16N4O5. The fraction of sp³-hybridized carbons (Fsp3) is 0.250. The van der Waals surface area contributed by atoms with Crippen molar-refractivity contribution in [3.63, 3.8) is 0 Å². The molecule has 0 aromatic heterocycles. The molecule has 0 bridgehead atoms. The van der Waals surface area contributed by atoms with E-state index in [4.69, 9.17) is 15.9 Å². The van der Waals surface area contributed by atoms with E-state index in [-0.39, 0.29) is 12.2 Å². The van der Waals surface area contributed by atoms with Gasteiger partial charge in [-0.3, -0.25) is 15.0 Å². The molecule has 0 radical (unpaired) electrons. The van der Waals surface area contributed by atoms with Gasteiger partial charge < -0.3 is 21.3 Å². The summed E-state index contributed by atoms with van der Waals surface area (Å²) in [4.78, 5) is 32.9. The van der Waals surface area contributed by atoms with Crippen molar-refractivity contribution in [2.45, 2.75) is 12.5 Å². The van der Waals surface area contributed by atoms with Crippen LogP contribution in [0.2, 0.25) is 0 Å². The summed E-state index contributed by atoms with van der Waals surface area (Å²) in [5.74, 6) is -1.16. The number of carboxylic acid groups (broad SMARTS) is 1. The second-order valence-corrected chi connectivity index (χ2v) is 4.17. The molecular weight excluding hydrogens is 280 g/mol. The Balaban J connectivity index is 2.35. The van der Waals surface area contributed by atoms with E-state index in [0.29, 0.717) is 0 Å². The van der Waals surface area contributed by atoms with E-state index in [1.807, 2.05) is 5.43 Å². The van der Waals surface area contributed by atoms with Crippen LogP contribution in [0.4, 0.5) is 4.79 Å². The summed E-state index contributed by atoms with van der Waals surface area (Å²) in [5, 5.41) is 19.7. The summed E-state index contributed by atoms with van der Waals surface area (Å²) in [7, 11) is 0. The lowest BCUT2D eigenvalue weighted by Gasteiger charge is -2.12. The van der Waals surface area contributed by atoms with Crippen LogP contribution in [-0.4, -0.2) is 40.7 Å². The Hall–Kier alpha value is -2.81. The number of nitrogens with one attached hydrogen (secondary N) is 3. The highest BCUT2D eigenvalue weighted by atomic mass is 16.4. The van der Waals surface area contributed by atoms with E-state index in [0.717, 1.165) is 5.56 Å². The number of carbonyl (C=O) groups excluding carboxylic acids is 2. The molecule has 0 unspecified atom stereocenters. The number of amides is 3. The van der Waals surface area contributed by atoms with Crippen molar-refractivity contribution in [2.24, 2.45) is 5.73 Å². The topological polar surface area (TPSA) is 154 Å². The Bertz CT molecular complexity index is 517. The Morgan fingerprint density at radius 1 is 1.14 bits per heavy atom. The lowest BCUT2D eigenvalue weighted by molar-refractivity contribution is -0.127. The van der Waals surface area contributed by atoms with Gasteiger partial charge in [0.1, 0.15) is 5.75 Å². The lowest BCUT2D eigenvalue weighted by Crippen LogP contribution is -2.49. The molecule has 0 fully saturated rings. The number of phenols is 1. The zero-order chi connectivity index (χ0) is 15.8. The molecule has 1 aromatic rings. The molecule has 1 rings (SSSR count). The number of nitrogens with two attached hydrogens (primary N) is 1. The quantitative estimate of drug-likeness (QED) is 0.370. The highest BCUT2D eigenvalue weighted by molar-refractivity contribution is 5.87.